The summed E-state index contributed by atoms with van der Waals surface area (Å²) in [5.74, 6) is 0.739. The van der Waals surface area contributed by atoms with Crippen molar-refractivity contribution in [3.63, 3.8) is 0 Å². The van der Waals surface area contributed by atoms with Crippen LogP contribution in [0, 0.1) is 0 Å². The van der Waals surface area contributed by atoms with Gasteiger partial charge in [0.25, 0.3) is 0 Å². The Morgan fingerprint density at radius 2 is 1.64 bits per heavy atom. The third kappa shape index (κ3) is 1.78. The summed E-state index contributed by atoms with van der Waals surface area (Å²) in [6.45, 7) is 0.481. The van der Waals surface area contributed by atoms with Gasteiger partial charge in [0, 0.05) is 30.1 Å². The van der Waals surface area contributed by atoms with Crippen molar-refractivity contribution >= 4 is 0 Å². The van der Waals surface area contributed by atoms with Crippen molar-refractivity contribution in [2.75, 3.05) is 0 Å². The average molecular weight is 185 g/mol. The van der Waals surface area contributed by atoms with E-state index >= 15 is 0 Å². The van der Waals surface area contributed by atoms with Crippen molar-refractivity contribution in [3.05, 3.63) is 48.3 Å². The molecule has 70 valence electrons. The van der Waals surface area contributed by atoms with Gasteiger partial charge in [-0.2, -0.15) is 0 Å². The van der Waals surface area contributed by atoms with E-state index in [-0.39, 0.29) is 0 Å². The number of hydrogen-bond acceptors (Lipinski definition) is 3. The monoisotopic (exact) mass is 185 g/mol. The Morgan fingerprint density at radius 3 is 2.21 bits per heavy atom. The molecule has 3 heteroatoms. The minimum Gasteiger partial charge on any atom is -0.326 e. The van der Waals surface area contributed by atoms with Crippen LogP contribution < -0.4 is 5.73 Å². The molecule has 0 aliphatic carbocycles. The number of aromatic nitrogens is 2. The summed E-state index contributed by atoms with van der Waals surface area (Å²) in [5.41, 5.74) is 7.43. The minimum atomic E-state index is 0.481. The molecule has 2 aromatic rings. The molecule has 0 amide bonds. The Morgan fingerprint density at radius 1 is 1.00 bits per heavy atom. The van der Waals surface area contributed by atoms with Crippen molar-refractivity contribution in [2.45, 2.75) is 6.54 Å². The fraction of sp³-hybridized carbons (Fsp3) is 0.0909. The van der Waals surface area contributed by atoms with Crippen LogP contribution in [0.3, 0.4) is 0 Å². The Bertz CT molecular complexity index is 395. The van der Waals surface area contributed by atoms with E-state index in [0.717, 1.165) is 17.0 Å². The van der Waals surface area contributed by atoms with Gasteiger partial charge in [-0.25, -0.2) is 9.97 Å². The van der Waals surface area contributed by atoms with Crippen molar-refractivity contribution in [1.82, 2.24) is 9.97 Å². The first-order chi connectivity index (χ1) is 6.90. The zero-order chi connectivity index (χ0) is 9.80. The Labute approximate surface area is 82.6 Å². The first kappa shape index (κ1) is 8.84. The normalized spacial score (nSPS) is 10.1. The molecule has 0 aliphatic heterocycles. The average Bonchev–Trinajstić information content (AvgIpc) is 2.30. The van der Waals surface area contributed by atoms with Gasteiger partial charge in [-0.1, -0.05) is 30.3 Å². The Hall–Kier alpha value is -1.74. The molecule has 0 spiro atoms. The highest BCUT2D eigenvalue weighted by molar-refractivity contribution is 5.53. The van der Waals surface area contributed by atoms with Crippen LogP contribution in [0.25, 0.3) is 11.4 Å². The third-order valence-corrected chi connectivity index (χ3v) is 1.97. The van der Waals surface area contributed by atoms with E-state index in [2.05, 4.69) is 9.97 Å². The molecular formula is C11H11N3. The molecule has 1 heterocycles. The number of nitrogens with two attached hydrogens (primary N) is 1. The predicted molar refractivity (Wildman–Crippen MR) is 55.4 cm³/mol. The van der Waals surface area contributed by atoms with Gasteiger partial charge in [0.1, 0.15) is 0 Å². The van der Waals surface area contributed by atoms with Crippen LogP contribution in [-0.2, 0) is 6.54 Å². The summed E-state index contributed by atoms with van der Waals surface area (Å²) >= 11 is 0. The summed E-state index contributed by atoms with van der Waals surface area (Å²) in [7, 11) is 0. The van der Waals surface area contributed by atoms with Gasteiger partial charge in [0.2, 0.25) is 0 Å². The predicted octanol–water partition coefficient (Wildman–Crippen LogP) is 1.60. The van der Waals surface area contributed by atoms with Gasteiger partial charge in [0.05, 0.1) is 0 Å². The van der Waals surface area contributed by atoms with E-state index in [1.165, 1.54) is 0 Å². The molecule has 0 bridgehead atoms. The van der Waals surface area contributed by atoms with Gasteiger partial charge in [-0.05, 0) is 0 Å². The SMILES string of the molecule is NCc1cnc(-c2ccccc2)nc1. The maximum atomic E-state index is 5.46. The largest absolute Gasteiger partial charge is 0.326 e. The van der Waals surface area contributed by atoms with E-state index in [1.54, 1.807) is 12.4 Å². The summed E-state index contributed by atoms with van der Waals surface area (Å²) in [5, 5.41) is 0. The van der Waals surface area contributed by atoms with Gasteiger partial charge < -0.3 is 5.73 Å². The molecular weight excluding hydrogens is 174 g/mol. The smallest absolute Gasteiger partial charge is 0.159 e. The van der Waals surface area contributed by atoms with E-state index in [1.807, 2.05) is 30.3 Å². The van der Waals surface area contributed by atoms with Crippen LogP contribution in [0.15, 0.2) is 42.7 Å². The summed E-state index contributed by atoms with van der Waals surface area (Å²) in [4.78, 5) is 8.46. The highest BCUT2D eigenvalue weighted by Crippen LogP contribution is 2.12. The molecule has 2 N–H and O–H groups in total. The molecule has 1 aromatic heterocycles. The number of hydrogen-bond donors (Lipinski definition) is 1. The number of benzene rings is 1. The number of nitrogens with zero attached hydrogens (tertiary/aromatic N) is 2. The highest BCUT2D eigenvalue weighted by Gasteiger charge is 1.98. The van der Waals surface area contributed by atoms with Crippen LogP contribution in [0.5, 0.6) is 0 Å². The highest BCUT2D eigenvalue weighted by atomic mass is 14.9. The summed E-state index contributed by atoms with van der Waals surface area (Å²) in [6.07, 6.45) is 3.52. The number of rotatable bonds is 2. The lowest BCUT2D eigenvalue weighted by Crippen LogP contribution is -1.98. The lowest BCUT2D eigenvalue weighted by Gasteiger charge is -1.99. The molecule has 0 fully saturated rings. The topological polar surface area (TPSA) is 51.8 Å². The van der Waals surface area contributed by atoms with Crippen LogP contribution >= 0.6 is 0 Å². The van der Waals surface area contributed by atoms with Gasteiger partial charge >= 0.3 is 0 Å². The second-order valence-corrected chi connectivity index (χ2v) is 2.99. The molecule has 2 rings (SSSR count). The van der Waals surface area contributed by atoms with E-state index in [9.17, 15) is 0 Å². The van der Waals surface area contributed by atoms with E-state index in [4.69, 9.17) is 5.73 Å². The van der Waals surface area contributed by atoms with Crippen molar-refractivity contribution in [3.8, 4) is 11.4 Å². The quantitative estimate of drug-likeness (QED) is 0.773. The molecule has 1 aromatic carbocycles. The molecule has 0 atom stereocenters. The zero-order valence-electron chi connectivity index (χ0n) is 7.72. The first-order valence-corrected chi connectivity index (χ1v) is 4.46. The van der Waals surface area contributed by atoms with Gasteiger partial charge in [-0.3, -0.25) is 0 Å². The van der Waals surface area contributed by atoms with Gasteiger partial charge in [-0.15, -0.1) is 0 Å². The molecule has 0 saturated heterocycles. The summed E-state index contributed by atoms with van der Waals surface area (Å²) < 4.78 is 0. The third-order valence-electron chi connectivity index (χ3n) is 1.97. The minimum absolute atomic E-state index is 0.481. The second-order valence-electron chi connectivity index (χ2n) is 2.99. The fourth-order valence-corrected chi connectivity index (χ4v) is 1.20. The second kappa shape index (κ2) is 3.98. The standard InChI is InChI=1S/C11H11N3/c12-6-9-7-13-11(14-8-9)10-4-2-1-3-5-10/h1-5,7-8H,6,12H2. The van der Waals surface area contributed by atoms with Crippen LogP contribution in [0.2, 0.25) is 0 Å². The molecule has 0 aliphatic rings. The Balaban J connectivity index is 2.34. The fourth-order valence-electron chi connectivity index (χ4n) is 1.20. The summed E-state index contributed by atoms with van der Waals surface area (Å²) in [6, 6.07) is 9.87. The van der Waals surface area contributed by atoms with Crippen molar-refractivity contribution in [2.24, 2.45) is 5.73 Å². The molecule has 0 radical (unpaired) electrons. The molecule has 3 nitrogen and oxygen atoms in total. The maximum absolute atomic E-state index is 5.46. The Kier molecular flexibility index (Phi) is 2.51. The van der Waals surface area contributed by atoms with Gasteiger partial charge in [0.15, 0.2) is 5.82 Å². The molecule has 0 unspecified atom stereocenters. The van der Waals surface area contributed by atoms with E-state index < -0.39 is 0 Å². The van der Waals surface area contributed by atoms with Crippen molar-refractivity contribution in [1.29, 1.82) is 0 Å². The first-order valence-electron chi connectivity index (χ1n) is 4.46. The van der Waals surface area contributed by atoms with Crippen molar-refractivity contribution < 1.29 is 0 Å². The van der Waals surface area contributed by atoms with Crippen LogP contribution in [-0.4, -0.2) is 9.97 Å². The zero-order valence-corrected chi connectivity index (χ0v) is 7.72. The molecule has 0 saturated carbocycles. The molecule has 14 heavy (non-hydrogen) atoms. The van der Waals surface area contributed by atoms with E-state index in [0.29, 0.717) is 6.54 Å². The lowest BCUT2D eigenvalue weighted by atomic mass is 10.2. The lowest BCUT2D eigenvalue weighted by molar-refractivity contribution is 1.01. The van der Waals surface area contributed by atoms with Crippen LogP contribution in [0.4, 0.5) is 0 Å². The maximum Gasteiger partial charge on any atom is 0.159 e. The van der Waals surface area contributed by atoms with Crippen LogP contribution in [0.1, 0.15) is 5.56 Å².